The highest BCUT2D eigenvalue weighted by Gasteiger charge is 2.17. The summed E-state index contributed by atoms with van der Waals surface area (Å²) in [7, 11) is -1.81. The van der Waals surface area contributed by atoms with Crippen LogP contribution in [0, 0.1) is 0 Å². The number of hydrogen-bond donors (Lipinski definition) is 1. The lowest BCUT2D eigenvalue weighted by molar-refractivity contribution is -0.121. The van der Waals surface area contributed by atoms with Gasteiger partial charge in [0, 0.05) is 19.5 Å². The molecule has 0 fully saturated rings. The third-order valence-electron chi connectivity index (χ3n) is 4.42. The van der Waals surface area contributed by atoms with Crippen LogP contribution in [0.2, 0.25) is 0 Å². The maximum atomic E-state index is 12.1. The van der Waals surface area contributed by atoms with Gasteiger partial charge in [0.25, 0.3) is 0 Å². The molecule has 0 unspecified atom stereocenters. The molecule has 0 aliphatic rings. The van der Waals surface area contributed by atoms with Crippen molar-refractivity contribution in [1.29, 1.82) is 0 Å². The van der Waals surface area contributed by atoms with E-state index in [1.54, 1.807) is 7.11 Å². The molecule has 2 aromatic carbocycles. The summed E-state index contributed by atoms with van der Waals surface area (Å²) >= 11 is 0. The number of anilines is 1. The van der Waals surface area contributed by atoms with Gasteiger partial charge >= 0.3 is 0 Å². The molecule has 1 N–H and O–H groups in total. The summed E-state index contributed by atoms with van der Waals surface area (Å²) in [5.41, 5.74) is 2.71. The molecule has 2 rings (SSSR count). The van der Waals surface area contributed by atoms with Gasteiger partial charge in [-0.2, -0.15) is 0 Å². The summed E-state index contributed by atoms with van der Waals surface area (Å²) in [5, 5.41) is 2.86. The van der Waals surface area contributed by atoms with Gasteiger partial charge in [-0.25, -0.2) is 8.42 Å². The largest absolute Gasteiger partial charge is 0.497 e. The van der Waals surface area contributed by atoms with Gasteiger partial charge in [0.15, 0.2) is 0 Å². The van der Waals surface area contributed by atoms with Crippen LogP contribution in [-0.4, -0.2) is 34.2 Å². The van der Waals surface area contributed by atoms with Gasteiger partial charge in [0.05, 0.1) is 19.1 Å². The van der Waals surface area contributed by atoms with E-state index in [4.69, 9.17) is 4.74 Å². The first kappa shape index (κ1) is 21.8. The summed E-state index contributed by atoms with van der Waals surface area (Å²) in [6, 6.07) is 15.0. The number of amides is 1. The maximum absolute atomic E-state index is 12.1. The predicted octanol–water partition coefficient (Wildman–Crippen LogP) is 3.12. The number of nitrogens with one attached hydrogen (secondary N) is 1. The van der Waals surface area contributed by atoms with Gasteiger partial charge < -0.3 is 10.1 Å². The van der Waals surface area contributed by atoms with Gasteiger partial charge in [-0.15, -0.1) is 0 Å². The Hall–Kier alpha value is -2.54. The van der Waals surface area contributed by atoms with Crippen LogP contribution in [0.5, 0.6) is 5.75 Å². The first-order valence-corrected chi connectivity index (χ1v) is 11.1. The topological polar surface area (TPSA) is 75.7 Å². The summed E-state index contributed by atoms with van der Waals surface area (Å²) < 4.78 is 30.8. The van der Waals surface area contributed by atoms with Crippen LogP contribution in [0.3, 0.4) is 0 Å². The van der Waals surface area contributed by atoms with E-state index in [1.165, 1.54) is 10.6 Å². The van der Waals surface area contributed by atoms with Crippen LogP contribution >= 0.6 is 0 Å². The molecule has 28 heavy (non-hydrogen) atoms. The molecule has 152 valence electrons. The average molecular weight is 405 g/mol. The fourth-order valence-corrected chi connectivity index (χ4v) is 3.80. The molecular weight excluding hydrogens is 376 g/mol. The quantitative estimate of drug-likeness (QED) is 0.660. The van der Waals surface area contributed by atoms with Gasteiger partial charge in [-0.3, -0.25) is 9.10 Å². The Morgan fingerprint density at radius 2 is 1.82 bits per heavy atom. The number of carbonyl (C=O) groups is 1. The second-order valence-electron chi connectivity index (χ2n) is 6.59. The number of nitrogens with zero attached hydrogens (tertiary/aromatic N) is 1. The summed E-state index contributed by atoms with van der Waals surface area (Å²) in [6.07, 6.45) is 2.77. The number of aryl methyl sites for hydroxylation is 1. The monoisotopic (exact) mass is 404 g/mol. The van der Waals surface area contributed by atoms with Crippen molar-refractivity contribution >= 4 is 21.6 Å². The summed E-state index contributed by atoms with van der Waals surface area (Å²) in [5.74, 6) is 0.627. The minimum absolute atomic E-state index is 0.113. The number of ether oxygens (including phenoxy) is 1. The van der Waals surface area contributed by atoms with Crippen molar-refractivity contribution < 1.29 is 17.9 Å². The molecule has 0 spiro atoms. The minimum Gasteiger partial charge on any atom is -0.497 e. The smallest absolute Gasteiger partial charge is 0.232 e. The highest BCUT2D eigenvalue weighted by atomic mass is 32.2. The number of rotatable bonds is 10. The molecule has 6 nitrogen and oxygen atoms in total. The lowest BCUT2D eigenvalue weighted by Crippen LogP contribution is -2.32. The Bertz CT molecular complexity index is 880. The van der Waals surface area contributed by atoms with E-state index >= 15 is 0 Å². The highest BCUT2D eigenvalue weighted by Crippen LogP contribution is 2.19. The highest BCUT2D eigenvalue weighted by molar-refractivity contribution is 7.92. The van der Waals surface area contributed by atoms with E-state index in [1.807, 2.05) is 55.5 Å². The van der Waals surface area contributed by atoms with E-state index in [2.05, 4.69) is 5.32 Å². The van der Waals surface area contributed by atoms with Crippen LogP contribution in [0.4, 0.5) is 5.69 Å². The van der Waals surface area contributed by atoms with Crippen molar-refractivity contribution in [1.82, 2.24) is 5.32 Å². The molecule has 0 atom stereocenters. The zero-order chi connectivity index (χ0) is 20.6. The van der Waals surface area contributed by atoms with Crippen LogP contribution in [-0.2, 0) is 27.8 Å². The standard InChI is InChI=1S/C21H28N2O4S/c1-4-17-10-12-19(13-11-17)23(28(3,25)26)14-6-9-21(24)22-16-18-7-5-8-20(15-18)27-2/h5,7-8,10-13,15H,4,6,9,14,16H2,1-3H3,(H,22,24). The Labute approximate surface area is 167 Å². The van der Waals surface area contributed by atoms with Crippen LogP contribution < -0.4 is 14.4 Å². The fraction of sp³-hybridized carbons (Fsp3) is 0.381. The summed E-state index contributed by atoms with van der Waals surface area (Å²) in [6.45, 7) is 2.72. The van der Waals surface area contributed by atoms with E-state index in [0.29, 0.717) is 18.7 Å². The van der Waals surface area contributed by atoms with Crippen molar-refractivity contribution in [2.24, 2.45) is 0 Å². The van der Waals surface area contributed by atoms with E-state index in [9.17, 15) is 13.2 Å². The Kier molecular flexibility index (Phi) is 7.87. The van der Waals surface area contributed by atoms with Crippen molar-refractivity contribution in [3.05, 3.63) is 59.7 Å². The third kappa shape index (κ3) is 6.56. The molecule has 0 aromatic heterocycles. The molecule has 0 aliphatic carbocycles. The first-order valence-electron chi connectivity index (χ1n) is 9.29. The average Bonchev–Trinajstić information content (AvgIpc) is 2.69. The normalized spacial score (nSPS) is 11.1. The molecule has 2 aromatic rings. The molecule has 0 saturated carbocycles. The number of sulfonamides is 1. The van der Waals surface area contributed by atoms with Gasteiger partial charge in [-0.05, 0) is 48.2 Å². The van der Waals surface area contributed by atoms with E-state index < -0.39 is 10.0 Å². The fourth-order valence-electron chi connectivity index (χ4n) is 2.84. The van der Waals surface area contributed by atoms with Crippen LogP contribution in [0.25, 0.3) is 0 Å². The van der Waals surface area contributed by atoms with Crippen molar-refractivity contribution in [3.8, 4) is 5.75 Å². The number of methoxy groups -OCH3 is 1. The first-order chi connectivity index (χ1) is 13.3. The van der Waals surface area contributed by atoms with Gasteiger partial charge in [-0.1, -0.05) is 31.2 Å². The van der Waals surface area contributed by atoms with Crippen LogP contribution in [0.1, 0.15) is 30.9 Å². The van der Waals surface area contributed by atoms with Crippen LogP contribution in [0.15, 0.2) is 48.5 Å². The SMILES string of the molecule is CCc1ccc(N(CCCC(=O)NCc2cccc(OC)c2)S(C)(=O)=O)cc1. The zero-order valence-corrected chi connectivity index (χ0v) is 17.5. The lowest BCUT2D eigenvalue weighted by Gasteiger charge is -2.22. The second-order valence-corrected chi connectivity index (χ2v) is 8.49. The van der Waals surface area contributed by atoms with Gasteiger partial charge in [0.2, 0.25) is 15.9 Å². The summed E-state index contributed by atoms with van der Waals surface area (Å²) in [4.78, 5) is 12.1. The Balaban J connectivity index is 1.88. The molecular formula is C21H28N2O4S. The second kappa shape index (κ2) is 10.1. The third-order valence-corrected chi connectivity index (χ3v) is 5.62. The van der Waals surface area contributed by atoms with E-state index in [-0.39, 0.29) is 18.9 Å². The predicted molar refractivity (Wildman–Crippen MR) is 112 cm³/mol. The zero-order valence-electron chi connectivity index (χ0n) is 16.6. The molecule has 0 heterocycles. The molecule has 0 radical (unpaired) electrons. The van der Waals surface area contributed by atoms with E-state index in [0.717, 1.165) is 23.3 Å². The maximum Gasteiger partial charge on any atom is 0.232 e. The van der Waals surface area contributed by atoms with Crippen molar-refractivity contribution in [2.45, 2.75) is 32.7 Å². The molecule has 0 saturated heterocycles. The Morgan fingerprint density at radius 3 is 2.43 bits per heavy atom. The van der Waals surface area contributed by atoms with Crippen molar-refractivity contribution in [3.63, 3.8) is 0 Å². The number of carbonyl (C=O) groups excluding carboxylic acids is 1. The molecule has 0 aliphatic heterocycles. The molecule has 0 bridgehead atoms. The minimum atomic E-state index is -3.41. The molecule has 7 heteroatoms. The molecule has 1 amide bonds. The Morgan fingerprint density at radius 1 is 1.11 bits per heavy atom. The van der Waals surface area contributed by atoms with Crippen molar-refractivity contribution in [2.75, 3.05) is 24.2 Å². The van der Waals surface area contributed by atoms with Gasteiger partial charge in [0.1, 0.15) is 5.75 Å². The number of hydrogen-bond acceptors (Lipinski definition) is 4. The number of benzene rings is 2. The lowest BCUT2D eigenvalue weighted by atomic mass is 10.1.